The summed E-state index contributed by atoms with van der Waals surface area (Å²) in [5.41, 5.74) is 3.05. The van der Waals surface area contributed by atoms with Crippen molar-refractivity contribution in [2.24, 2.45) is 0 Å². The van der Waals surface area contributed by atoms with Crippen molar-refractivity contribution >= 4 is 11.8 Å². The van der Waals surface area contributed by atoms with Crippen LogP contribution < -0.4 is 5.32 Å². The Bertz CT molecular complexity index is 324. The summed E-state index contributed by atoms with van der Waals surface area (Å²) in [7, 11) is 0. The number of unbranched alkanes of at least 4 members (excludes halogenated alkanes) is 2. The zero-order valence-electron chi connectivity index (χ0n) is 10.0. The highest BCUT2D eigenvalue weighted by Gasteiger charge is 2.18. The second-order valence-corrected chi connectivity index (χ2v) is 5.46. The van der Waals surface area contributed by atoms with Crippen molar-refractivity contribution in [3.8, 4) is 0 Å². The summed E-state index contributed by atoms with van der Waals surface area (Å²) in [5.74, 6) is 2.41. The van der Waals surface area contributed by atoms with Gasteiger partial charge >= 0.3 is 0 Å². The molecule has 0 bridgehead atoms. The van der Waals surface area contributed by atoms with Crippen LogP contribution in [0.25, 0.3) is 0 Å². The van der Waals surface area contributed by atoms with E-state index in [0.29, 0.717) is 6.04 Å². The lowest BCUT2D eigenvalue weighted by Gasteiger charge is -2.26. The van der Waals surface area contributed by atoms with Crippen LogP contribution in [0, 0.1) is 0 Å². The molecule has 1 nitrogen and oxygen atoms in total. The Kier molecular flexibility index (Phi) is 4.73. The molecule has 1 aliphatic rings. The van der Waals surface area contributed by atoms with E-state index >= 15 is 0 Å². The van der Waals surface area contributed by atoms with Crippen LogP contribution in [0.5, 0.6) is 0 Å². The number of rotatable bonds is 5. The van der Waals surface area contributed by atoms with E-state index in [1.807, 2.05) is 11.8 Å². The Balaban J connectivity index is 1.91. The Labute approximate surface area is 103 Å². The molecule has 1 aliphatic heterocycles. The van der Waals surface area contributed by atoms with E-state index in [-0.39, 0.29) is 0 Å². The average molecular weight is 235 g/mol. The van der Waals surface area contributed by atoms with Gasteiger partial charge in [0.1, 0.15) is 0 Å². The molecule has 0 saturated heterocycles. The highest BCUT2D eigenvalue weighted by molar-refractivity contribution is 7.98. The van der Waals surface area contributed by atoms with Gasteiger partial charge in [0, 0.05) is 17.5 Å². The predicted octanol–water partition coefficient (Wildman–Crippen LogP) is 3.75. The molecule has 2 rings (SSSR count). The molecule has 0 amide bonds. The zero-order valence-corrected chi connectivity index (χ0v) is 10.9. The monoisotopic (exact) mass is 235 g/mol. The quantitative estimate of drug-likeness (QED) is 0.780. The first-order chi connectivity index (χ1) is 7.92. The van der Waals surface area contributed by atoms with Crippen molar-refractivity contribution < 1.29 is 0 Å². The van der Waals surface area contributed by atoms with Gasteiger partial charge in [-0.2, -0.15) is 11.8 Å². The molecule has 0 fully saturated rings. The van der Waals surface area contributed by atoms with Gasteiger partial charge < -0.3 is 5.32 Å². The Morgan fingerprint density at radius 2 is 2.19 bits per heavy atom. The summed E-state index contributed by atoms with van der Waals surface area (Å²) < 4.78 is 0. The Morgan fingerprint density at radius 3 is 3.06 bits per heavy atom. The number of benzene rings is 1. The molecule has 0 aliphatic carbocycles. The molecule has 0 spiro atoms. The third-order valence-corrected chi connectivity index (χ3v) is 4.23. The molecule has 0 radical (unpaired) electrons. The van der Waals surface area contributed by atoms with Gasteiger partial charge in [-0.15, -0.1) is 0 Å². The standard InChI is InChI=1S/C14H21NS/c1-2-3-6-9-15-14-11-16-10-12-7-4-5-8-13(12)14/h4-5,7-8,14-15H,2-3,6,9-11H2,1H3. The molecule has 0 saturated carbocycles. The van der Waals surface area contributed by atoms with Crippen LogP contribution >= 0.6 is 11.8 Å². The lowest BCUT2D eigenvalue weighted by molar-refractivity contribution is 0.544. The zero-order chi connectivity index (χ0) is 11.2. The Morgan fingerprint density at radius 1 is 1.31 bits per heavy atom. The van der Waals surface area contributed by atoms with Gasteiger partial charge in [0.05, 0.1) is 0 Å². The fourth-order valence-corrected chi connectivity index (χ4v) is 3.34. The van der Waals surface area contributed by atoms with Gasteiger partial charge in [0.25, 0.3) is 0 Å². The van der Waals surface area contributed by atoms with Gasteiger partial charge in [0.2, 0.25) is 0 Å². The van der Waals surface area contributed by atoms with E-state index in [1.54, 1.807) is 0 Å². The fourth-order valence-electron chi connectivity index (χ4n) is 2.20. The average Bonchev–Trinajstić information content (AvgIpc) is 2.35. The van der Waals surface area contributed by atoms with E-state index in [2.05, 4.69) is 36.5 Å². The second-order valence-electron chi connectivity index (χ2n) is 4.43. The maximum Gasteiger partial charge on any atom is 0.0415 e. The largest absolute Gasteiger partial charge is 0.309 e. The second kappa shape index (κ2) is 6.31. The summed E-state index contributed by atoms with van der Waals surface area (Å²) in [6, 6.07) is 9.44. The summed E-state index contributed by atoms with van der Waals surface area (Å²) >= 11 is 2.05. The molecule has 16 heavy (non-hydrogen) atoms. The Hall–Kier alpha value is -0.470. The van der Waals surface area contributed by atoms with Crippen LogP contribution in [-0.4, -0.2) is 12.3 Å². The number of nitrogens with one attached hydrogen (secondary N) is 1. The minimum Gasteiger partial charge on any atom is -0.309 e. The fraction of sp³-hybridized carbons (Fsp3) is 0.571. The van der Waals surface area contributed by atoms with Crippen molar-refractivity contribution in [2.45, 2.75) is 38.0 Å². The van der Waals surface area contributed by atoms with Crippen LogP contribution in [0.2, 0.25) is 0 Å². The molecule has 1 aromatic carbocycles. The first-order valence-corrected chi connectivity index (χ1v) is 7.46. The molecule has 1 atom stereocenters. The molecule has 1 aromatic rings. The summed E-state index contributed by atoms with van der Waals surface area (Å²) in [4.78, 5) is 0. The summed E-state index contributed by atoms with van der Waals surface area (Å²) in [6.07, 6.45) is 3.95. The smallest absolute Gasteiger partial charge is 0.0415 e. The third-order valence-electron chi connectivity index (χ3n) is 3.14. The predicted molar refractivity (Wildman–Crippen MR) is 72.9 cm³/mol. The number of hydrogen-bond donors (Lipinski definition) is 1. The van der Waals surface area contributed by atoms with E-state index in [0.717, 1.165) is 6.54 Å². The van der Waals surface area contributed by atoms with Crippen LogP contribution in [0.4, 0.5) is 0 Å². The van der Waals surface area contributed by atoms with Gasteiger partial charge in [0.15, 0.2) is 0 Å². The van der Waals surface area contributed by atoms with Gasteiger partial charge in [-0.3, -0.25) is 0 Å². The molecular formula is C14H21NS. The van der Waals surface area contributed by atoms with E-state index in [9.17, 15) is 0 Å². The minimum atomic E-state index is 0.576. The van der Waals surface area contributed by atoms with Gasteiger partial charge in [-0.25, -0.2) is 0 Å². The molecule has 1 N–H and O–H groups in total. The molecule has 0 aromatic heterocycles. The van der Waals surface area contributed by atoms with Crippen molar-refractivity contribution in [2.75, 3.05) is 12.3 Å². The van der Waals surface area contributed by atoms with Crippen molar-refractivity contribution in [1.82, 2.24) is 5.32 Å². The number of hydrogen-bond acceptors (Lipinski definition) is 2. The van der Waals surface area contributed by atoms with E-state index in [1.165, 1.54) is 41.9 Å². The van der Waals surface area contributed by atoms with Gasteiger partial charge in [-0.05, 0) is 24.1 Å². The highest BCUT2D eigenvalue weighted by atomic mass is 32.2. The maximum absolute atomic E-state index is 3.69. The van der Waals surface area contributed by atoms with E-state index < -0.39 is 0 Å². The van der Waals surface area contributed by atoms with Crippen LogP contribution in [0.15, 0.2) is 24.3 Å². The lowest BCUT2D eigenvalue weighted by atomic mass is 10.0. The summed E-state index contributed by atoms with van der Waals surface area (Å²) in [5, 5.41) is 3.69. The van der Waals surface area contributed by atoms with Crippen LogP contribution in [0.1, 0.15) is 43.4 Å². The normalized spacial score (nSPS) is 19.4. The SMILES string of the molecule is CCCCCNC1CSCc2ccccc21. The molecular weight excluding hydrogens is 214 g/mol. The van der Waals surface area contributed by atoms with Crippen molar-refractivity contribution in [1.29, 1.82) is 0 Å². The molecule has 2 heteroatoms. The first-order valence-electron chi connectivity index (χ1n) is 6.30. The van der Waals surface area contributed by atoms with Crippen LogP contribution in [0.3, 0.4) is 0 Å². The van der Waals surface area contributed by atoms with Crippen molar-refractivity contribution in [3.63, 3.8) is 0 Å². The molecule has 88 valence electrons. The third kappa shape index (κ3) is 3.02. The van der Waals surface area contributed by atoms with Gasteiger partial charge in [-0.1, -0.05) is 44.0 Å². The number of fused-ring (bicyclic) bond motifs is 1. The minimum absolute atomic E-state index is 0.576. The number of thioether (sulfide) groups is 1. The highest BCUT2D eigenvalue weighted by Crippen LogP contribution is 2.31. The topological polar surface area (TPSA) is 12.0 Å². The van der Waals surface area contributed by atoms with E-state index in [4.69, 9.17) is 0 Å². The van der Waals surface area contributed by atoms with Crippen molar-refractivity contribution in [3.05, 3.63) is 35.4 Å². The van der Waals surface area contributed by atoms with Crippen LogP contribution in [-0.2, 0) is 5.75 Å². The molecule has 1 heterocycles. The lowest BCUT2D eigenvalue weighted by Crippen LogP contribution is -2.27. The summed E-state index contributed by atoms with van der Waals surface area (Å²) in [6.45, 7) is 3.42. The maximum atomic E-state index is 3.69. The first kappa shape index (κ1) is 12.0. The molecule has 1 unspecified atom stereocenters.